The number of H-pyrrole nitrogens is 1. The van der Waals surface area contributed by atoms with E-state index in [4.69, 9.17) is 0 Å². The number of hydrogen-bond donors (Lipinski definition) is 1. The van der Waals surface area contributed by atoms with Gasteiger partial charge in [-0.15, -0.1) is 0 Å². The lowest BCUT2D eigenvalue weighted by Crippen LogP contribution is -2.10. The second-order valence-electron chi connectivity index (χ2n) is 2.04. The molecule has 0 aliphatic rings. The van der Waals surface area contributed by atoms with Crippen molar-refractivity contribution in [1.82, 2.24) is 4.98 Å². The summed E-state index contributed by atoms with van der Waals surface area (Å²) in [6.07, 6.45) is 0.612. The van der Waals surface area contributed by atoms with E-state index in [0.717, 1.165) is 0 Å². The number of nitrogens with one attached hydrogen (secondary N) is 1. The fourth-order valence-corrected chi connectivity index (χ4v) is 0.631. The van der Waals surface area contributed by atoms with E-state index >= 15 is 0 Å². The van der Waals surface area contributed by atoms with E-state index in [1.807, 2.05) is 0 Å². The molecule has 0 atom stereocenters. The van der Waals surface area contributed by atoms with Gasteiger partial charge < -0.3 is 4.98 Å². The van der Waals surface area contributed by atoms with Gasteiger partial charge in [-0.05, 0) is 13.0 Å². The third-order valence-corrected chi connectivity index (χ3v) is 1.26. The molecule has 1 heterocycles. The van der Waals surface area contributed by atoms with E-state index in [9.17, 15) is 9.59 Å². The quantitative estimate of drug-likeness (QED) is 0.573. The lowest BCUT2D eigenvalue weighted by Gasteiger charge is -1.90. The number of pyridine rings is 1. The molecule has 0 saturated heterocycles. The summed E-state index contributed by atoms with van der Waals surface area (Å²) in [6.45, 7) is 1.69. The Balaban J connectivity index is 3.30. The van der Waals surface area contributed by atoms with Gasteiger partial charge in [0, 0.05) is 5.56 Å². The Morgan fingerprint density at radius 1 is 1.50 bits per heavy atom. The summed E-state index contributed by atoms with van der Waals surface area (Å²) < 4.78 is 0. The predicted octanol–water partition coefficient (Wildman–Crippen LogP) is 0.496. The van der Waals surface area contributed by atoms with Crippen molar-refractivity contribution in [2.45, 2.75) is 6.92 Å². The molecule has 0 bridgehead atoms. The molecule has 0 amide bonds. The number of carbonyl (C=O) groups excluding carboxylic acids is 1. The molecule has 1 aromatic heterocycles. The van der Waals surface area contributed by atoms with Gasteiger partial charge in [0.05, 0.1) is 5.69 Å². The Hall–Kier alpha value is -1.38. The minimum Gasteiger partial charge on any atom is -0.319 e. The third-order valence-electron chi connectivity index (χ3n) is 1.26. The highest BCUT2D eigenvalue weighted by molar-refractivity contribution is 5.71. The zero-order valence-electron chi connectivity index (χ0n) is 5.55. The minimum atomic E-state index is -0.204. The van der Waals surface area contributed by atoms with Crippen LogP contribution in [-0.4, -0.2) is 11.3 Å². The molecule has 0 saturated carbocycles. The number of aryl methyl sites for hydroxylation is 1. The molecule has 0 aliphatic heterocycles. The van der Waals surface area contributed by atoms with E-state index in [-0.39, 0.29) is 5.56 Å². The van der Waals surface area contributed by atoms with Crippen molar-refractivity contribution in [3.05, 3.63) is 33.7 Å². The predicted molar refractivity (Wildman–Crippen MR) is 37.2 cm³/mol. The maximum absolute atomic E-state index is 10.8. The van der Waals surface area contributed by atoms with Crippen LogP contribution in [0.1, 0.15) is 16.1 Å². The fourth-order valence-electron chi connectivity index (χ4n) is 0.631. The van der Waals surface area contributed by atoms with Gasteiger partial charge in [0.25, 0.3) is 5.56 Å². The number of aromatic amines is 1. The van der Waals surface area contributed by atoms with Gasteiger partial charge in [-0.25, -0.2) is 0 Å². The minimum absolute atomic E-state index is 0.204. The first-order valence-electron chi connectivity index (χ1n) is 2.89. The molecule has 0 aliphatic carbocycles. The van der Waals surface area contributed by atoms with Crippen molar-refractivity contribution in [1.29, 1.82) is 0 Å². The van der Waals surface area contributed by atoms with Gasteiger partial charge in [-0.3, -0.25) is 9.59 Å². The topological polar surface area (TPSA) is 49.9 Å². The van der Waals surface area contributed by atoms with Crippen LogP contribution in [0.25, 0.3) is 0 Å². The molecule has 0 fully saturated rings. The number of rotatable bonds is 1. The first kappa shape index (κ1) is 6.74. The Kier molecular flexibility index (Phi) is 1.67. The van der Waals surface area contributed by atoms with Crippen LogP contribution in [0.4, 0.5) is 0 Å². The number of carbonyl (C=O) groups is 1. The van der Waals surface area contributed by atoms with E-state index in [1.165, 1.54) is 0 Å². The highest BCUT2D eigenvalue weighted by Crippen LogP contribution is 1.88. The van der Waals surface area contributed by atoms with Crippen LogP contribution in [0, 0.1) is 6.92 Å². The zero-order chi connectivity index (χ0) is 7.56. The van der Waals surface area contributed by atoms with Gasteiger partial charge in [0.15, 0.2) is 6.29 Å². The van der Waals surface area contributed by atoms with E-state index in [0.29, 0.717) is 17.5 Å². The summed E-state index contributed by atoms with van der Waals surface area (Å²) in [6, 6.07) is 3.19. The zero-order valence-corrected chi connectivity index (χ0v) is 5.55. The normalized spacial score (nSPS) is 9.30. The van der Waals surface area contributed by atoms with E-state index in [1.54, 1.807) is 19.1 Å². The molecule has 1 N–H and O–H groups in total. The van der Waals surface area contributed by atoms with Gasteiger partial charge in [0.1, 0.15) is 0 Å². The summed E-state index contributed by atoms with van der Waals surface area (Å²) in [4.78, 5) is 23.3. The molecule has 1 aromatic rings. The van der Waals surface area contributed by atoms with E-state index < -0.39 is 0 Å². The van der Waals surface area contributed by atoms with Crippen LogP contribution < -0.4 is 5.56 Å². The van der Waals surface area contributed by atoms with Crippen molar-refractivity contribution < 1.29 is 4.79 Å². The second-order valence-corrected chi connectivity index (χ2v) is 2.04. The Morgan fingerprint density at radius 2 is 2.20 bits per heavy atom. The molecule has 3 heteroatoms. The molecule has 0 radical (unpaired) electrons. The average molecular weight is 137 g/mol. The summed E-state index contributed by atoms with van der Waals surface area (Å²) in [5, 5.41) is 0. The third kappa shape index (κ3) is 1.13. The standard InChI is InChI=1S/C7H7NO2/c1-5-2-3-6(4-9)8-7(5)10/h2-4H,1H3,(H,8,10). The monoisotopic (exact) mass is 137 g/mol. The number of hydrogen-bond acceptors (Lipinski definition) is 2. The molecular weight excluding hydrogens is 130 g/mol. The van der Waals surface area contributed by atoms with Crippen molar-refractivity contribution in [2.75, 3.05) is 0 Å². The first-order chi connectivity index (χ1) is 4.74. The molecule has 1 rings (SSSR count). The fraction of sp³-hybridized carbons (Fsp3) is 0.143. The van der Waals surface area contributed by atoms with Crippen LogP contribution in [-0.2, 0) is 0 Å². The highest BCUT2D eigenvalue weighted by Gasteiger charge is 1.92. The van der Waals surface area contributed by atoms with Crippen molar-refractivity contribution in [3.63, 3.8) is 0 Å². The highest BCUT2D eigenvalue weighted by atomic mass is 16.1. The molecule has 0 spiro atoms. The largest absolute Gasteiger partial charge is 0.319 e. The summed E-state index contributed by atoms with van der Waals surface area (Å²) in [5.41, 5.74) is 0.728. The van der Waals surface area contributed by atoms with Gasteiger partial charge in [-0.1, -0.05) is 6.07 Å². The average Bonchev–Trinajstić information content (AvgIpc) is 1.95. The summed E-state index contributed by atoms with van der Waals surface area (Å²) in [7, 11) is 0. The van der Waals surface area contributed by atoms with Crippen molar-refractivity contribution in [3.8, 4) is 0 Å². The van der Waals surface area contributed by atoms with Crippen LogP contribution >= 0.6 is 0 Å². The summed E-state index contributed by atoms with van der Waals surface area (Å²) in [5.74, 6) is 0. The molecule has 0 aromatic carbocycles. The Labute approximate surface area is 57.7 Å². The van der Waals surface area contributed by atoms with Gasteiger partial charge in [0.2, 0.25) is 0 Å². The van der Waals surface area contributed by atoms with Crippen LogP contribution in [0.2, 0.25) is 0 Å². The summed E-state index contributed by atoms with van der Waals surface area (Å²) >= 11 is 0. The molecule has 0 unspecified atom stereocenters. The maximum atomic E-state index is 10.8. The van der Waals surface area contributed by atoms with Crippen molar-refractivity contribution >= 4 is 6.29 Å². The van der Waals surface area contributed by atoms with Crippen LogP contribution in [0.5, 0.6) is 0 Å². The van der Waals surface area contributed by atoms with Crippen LogP contribution in [0.15, 0.2) is 16.9 Å². The molecule has 52 valence electrons. The Morgan fingerprint density at radius 3 is 2.70 bits per heavy atom. The van der Waals surface area contributed by atoms with Gasteiger partial charge in [-0.2, -0.15) is 0 Å². The molecule has 10 heavy (non-hydrogen) atoms. The molecule has 3 nitrogen and oxygen atoms in total. The number of aldehydes is 1. The van der Waals surface area contributed by atoms with Crippen molar-refractivity contribution in [2.24, 2.45) is 0 Å². The maximum Gasteiger partial charge on any atom is 0.251 e. The SMILES string of the molecule is Cc1ccc(C=O)[nH]c1=O. The van der Waals surface area contributed by atoms with E-state index in [2.05, 4.69) is 4.98 Å². The lowest BCUT2D eigenvalue weighted by molar-refractivity contribution is 0.111. The molecular formula is C7H7NO2. The number of aromatic nitrogens is 1. The van der Waals surface area contributed by atoms with Gasteiger partial charge >= 0.3 is 0 Å². The first-order valence-corrected chi connectivity index (χ1v) is 2.89. The lowest BCUT2D eigenvalue weighted by atomic mass is 10.3. The smallest absolute Gasteiger partial charge is 0.251 e. The van der Waals surface area contributed by atoms with Crippen LogP contribution in [0.3, 0.4) is 0 Å². The second kappa shape index (κ2) is 2.47. The Bertz CT molecular complexity index is 301.